The molecule has 1 aromatic carbocycles. The summed E-state index contributed by atoms with van der Waals surface area (Å²) in [5.74, 6) is 0.715. The highest BCUT2D eigenvalue weighted by atomic mass is 79.9. The SMILES string of the molecule is OCC(Nc1ccc(Br)cn1)c1ccc(Cl)cc1. The van der Waals surface area contributed by atoms with Gasteiger partial charge in [-0.2, -0.15) is 0 Å². The van der Waals surface area contributed by atoms with E-state index in [4.69, 9.17) is 11.6 Å². The highest BCUT2D eigenvalue weighted by Gasteiger charge is 2.10. The summed E-state index contributed by atoms with van der Waals surface area (Å²) in [7, 11) is 0. The van der Waals surface area contributed by atoms with Crippen LogP contribution < -0.4 is 5.32 Å². The molecule has 0 fully saturated rings. The van der Waals surface area contributed by atoms with Gasteiger partial charge >= 0.3 is 0 Å². The van der Waals surface area contributed by atoms with Crippen molar-refractivity contribution in [2.24, 2.45) is 0 Å². The lowest BCUT2D eigenvalue weighted by Gasteiger charge is -2.17. The third kappa shape index (κ3) is 3.45. The zero-order valence-electron chi connectivity index (χ0n) is 9.48. The minimum absolute atomic E-state index is 0.0145. The molecule has 0 spiro atoms. The predicted octanol–water partition coefficient (Wildman–Crippen LogP) is 3.64. The largest absolute Gasteiger partial charge is 0.394 e. The topological polar surface area (TPSA) is 45.1 Å². The van der Waals surface area contributed by atoms with E-state index in [0.717, 1.165) is 10.0 Å². The van der Waals surface area contributed by atoms with Gasteiger partial charge < -0.3 is 10.4 Å². The normalized spacial score (nSPS) is 12.2. The fraction of sp³-hybridized carbons (Fsp3) is 0.154. The van der Waals surface area contributed by atoms with Crippen molar-refractivity contribution in [2.45, 2.75) is 6.04 Å². The number of nitrogens with zero attached hydrogens (tertiary/aromatic N) is 1. The van der Waals surface area contributed by atoms with E-state index < -0.39 is 0 Å². The molecule has 2 N–H and O–H groups in total. The van der Waals surface area contributed by atoms with Crippen LogP contribution in [0, 0.1) is 0 Å². The van der Waals surface area contributed by atoms with Gasteiger partial charge in [0.15, 0.2) is 0 Å². The maximum atomic E-state index is 9.43. The van der Waals surface area contributed by atoms with Crippen LogP contribution in [-0.2, 0) is 0 Å². The van der Waals surface area contributed by atoms with E-state index in [-0.39, 0.29) is 12.6 Å². The average Bonchev–Trinajstić information content (AvgIpc) is 2.39. The van der Waals surface area contributed by atoms with Crippen LogP contribution in [0.4, 0.5) is 5.82 Å². The molecule has 94 valence electrons. The van der Waals surface area contributed by atoms with Gasteiger partial charge in [0.25, 0.3) is 0 Å². The summed E-state index contributed by atoms with van der Waals surface area (Å²) in [4.78, 5) is 4.21. The van der Waals surface area contributed by atoms with Gasteiger partial charge in [0.2, 0.25) is 0 Å². The summed E-state index contributed by atoms with van der Waals surface area (Å²) in [6.45, 7) is -0.0145. The Labute approximate surface area is 119 Å². The number of benzene rings is 1. The third-order valence-electron chi connectivity index (χ3n) is 2.50. The summed E-state index contributed by atoms with van der Waals surface area (Å²) < 4.78 is 0.917. The van der Waals surface area contributed by atoms with Crippen LogP contribution in [0.15, 0.2) is 47.1 Å². The molecule has 1 atom stereocenters. The number of hydrogen-bond donors (Lipinski definition) is 2. The van der Waals surface area contributed by atoms with Crippen LogP contribution in [0.2, 0.25) is 5.02 Å². The standard InChI is InChI=1S/C13H12BrClN2O/c14-10-3-6-13(16-7-10)17-12(8-18)9-1-4-11(15)5-2-9/h1-7,12,18H,8H2,(H,16,17). The molecule has 18 heavy (non-hydrogen) atoms. The van der Waals surface area contributed by atoms with Crippen LogP contribution in [0.25, 0.3) is 0 Å². The summed E-state index contributed by atoms with van der Waals surface area (Å²) in [6, 6.07) is 10.9. The van der Waals surface area contributed by atoms with Crippen molar-refractivity contribution in [3.8, 4) is 0 Å². The molecular formula is C13H12BrClN2O. The molecule has 0 saturated carbocycles. The Balaban J connectivity index is 2.14. The average molecular weight is 328 g/mol. The number of aliphatic hydroxyl groups is 1. The number of pyridine rings is 1. The molecule has 0 radical (unpaired) electrons. The van der Waals surface area contributed by atoms with Gasteiger partial charge in [-0.1, -0.05) is 23.7 Å². The lowest BCUT2D eigenvalue weighted by atomic mass is 10.1. The summed E-state index contributed by atoms with van der Waals surface area (Å²) >= 11 is 9.16. The summed E-state index contributed by atoms with van der Waals surface area (Å²) in [6.07, 6.45) is 1.71. The van der Waals surface area contributed by atoms with Crippen molar-refractivity contribution < 1.29 is 5.11 Å². The van der Waals surface area contributed by atoms with Crippen molar-refractivity contribution in [3.63, 3.8) is 0 Å². The zero-order valence-corrected chi connectivity index (χ0v) is 11.8. The van der Waals surface area contributed by atoms with Crippen LogP contribution >= 0.6 is 27.5 Å². The van der Waals surface area contributed by atoms with Crippen molar-refractivity contribution in [3.05, 3.63) is 57.7 Å². The maximum absolute atomic E-state index is 9.43. The molecule has 5 heteroatoms. The number of aliphatic hydroxyl groups excluding tert-OH is 1. The Morgan fingerprint density at radius 2 is 1.94 bits per heavy atom. The van der Waals surface area contributed by atoms with Gasteiger partial charge in [0, 0.05) is 15.7 Å². The molecule has 1 aromatic heterocycles. The Kier molecular flexibility index (Phi) is 4.58. The van der Waals surface area contributed by atoms with Gasteiger partial charge in [-0.05, 0) is 45.8 Å². The van der Waals surface area contributed by atoms with Crippen molar-refractivity contribution in [1.82, 2.24) is 4.98 Å². The van der Waals surface area contributed by atoms with Crippen molar-refractivity contribution >= 4 is 33.3 Å². The molecule has 0 amide bonds. The fourth-order valence-electron chi connectivity index (χ4n) is 1.57. The first kappa shape index (κ1) is 13.3. The van der Waals surface area contributed by atoms with Gasteiger partial charge in [-0.25, -0.2) is 4.98 Å². The first-order chi connectivity index (χ1) is 8.69. The summed E-state index contributed by atoms with van der Waals surface area (Å²) in [5.41, 5.74) is 0.964. The fourth-order valence-corrected chi connectivity index (χ4v) is 1.93. The van der Waals surface area contributed by atoms with Gasteiger partial charge in [0.1, 0.15) is 5.82 Å². The molecule has 1 unspecified atom stereocenters. The molecule has 3 nitrogen and oxygen atoms in total. The Hall–Kier alpha value is -1.10. The summed E-state index contributed by atoms with van der Waals surface area (Å²) in [5, 5.41) is 13.3. The first-order valence-corrected chi connectivity index (χ1v) is 6.60. The molecule has 0 aliphatic heterocycles. The molecule has 0 saturated heterocycles. The smallest absolute Gasteiger partial charge is 0.126 e. The maximum Gasteiger partial charge on any atom is 0.126 e. The third-order valence-corrected chi connectivity index (χ3v) is 3.23. The minimum atomic E-state index is -0.198. The monoisotopic (exact) mass is 326 g/mol. The number of nitrogens with one attached hydrogen (secondary N) is 1. The molecule has 1 heterocycles. The molecule has 0 bridgehead atoms. The second-order valence-electron chi connectivity index (χ2n) is 3.79. The molecular weight excluding hydrogens is 316 g/mol. The van der Waals surface area contributed by atoms with Crippen molar-refractivity contribution in [1.29, 1.82) is 0 Å². The number of rotatable bonds is 4. The van der Waals surface area contributed by atoms with E-state index in [0.29, 0.717) is 10.8 Å². The van der Waals surface area contributed by atoms with E-state index in [1.807, 2.05) is 24.3 Å². The minimum Gasteiger partial charge on any atom is -0.394 e. The second-order valence-corrected chi connectivity index (χ2v) is 5.14. The van der Waals surface area contributed by atoms with Crippen LogP contribution in [-0.4, -0.2) is 16.7 Å². The molecule has 2 rings (SSSR count). The van der Waals surface area contributed by atoms with E-state index in [2.05, 4.69) is 26.2 Å². The van der Waals surface area contributed by atoms with E-state index in [9.17, 15) is 5.11 Å². The lowest BCUT2D eigenvalue weighted by Crippen LogP contribution is -2.15. The molecule has 0 aliphatic rings. The second kappa shape index (κ2) is 6.18. The molecule has 2 aromatic rings. The van der Waals surface area contributed by atoms with Gasteiger partial charge in [-0.3, -0.25) is 0 Å². The Bertz CT molecular complexity index is 501. The highest BCUT2D eigenvalue weighted by Crippen LogP contribution is 2.20. The Morgan fingerprint density at radius 3 is 2.50 bits per heavy atom. The number of anilines is 1. The highest BCUT2D eigenvalue weighted by molar-refractivity contribution is 9.10. The van der Waals surface area contributed by atoms with E-state index >= 15 is 0 Å². The van der Waals surface area contributed by atoms with E-state index in [1.54, 1.807) is 18.3 Å². The number of hydrogen-bond acceptors (Lipinski definition) is 3. The zero-order chi connectivity index (χ0) is 13.0. The van der Waals surface area contributed by atoms with Crippen LogP contribution in [0.1, 0.15) is 11.6 Å². The van der Waals surface area contributed by atoms with Crippen molar-refractivity contribution in [2.75, 3.05) is 11.9 Å². The van der Waals surface area contributed by atoms with Crippen LogP contribution in [0.3, 0.4) is 0 Å². The molecule has 0 aliphatic carbocycles. The predicted molar refractivity (Wildman–Crippen MR) is 76.8 cm³/mol. The lowest BCUT2D eigenvalue weighted by molar-refractivity contribution is 0.276. The Morgan fingerprint density at radius 1 is 1.22 bits per heavy atom. The first-order valence-electron chi connectivity index (χ1n) is 5.43. The van der Waals surface area contributed by atoms with Crippen LogP contribution in [0.5, 0.6) is 0 Å². The number of aromatic nitrogens is 1. The quantitative estimate of drug-likeness (QED) is 0.901. The van der Waals surface area contributed by atoms with Gasteiger partial charge in [-0.15, -0.1) is 0 Å². The number of halogens is 2. The van der Waals surface area contributed by atoms with E-state index in [1.165, 1.54) is 0 Å². The van der Waals surface area contributed by atoms with Gasteiger partial charge in [0.05, 0.1) is 12.6 Å².